The fraction of sp³-hybridized carbons (Fsp3) is 0.192. The fourth-order valence-corrected chi connectivity index (χ4v) is 3.15. The molecule has 0 aliphatic heterocycles. The van der Waals surface area contributed by atoms with Gasteiger partial charge < -0.3 is 18.7 Å². The Bertz CT molecular complexity index is 1200. The lowest BCUT2D eigenvalue weighted by atomic mass is 10.1. The second-order valence-corrected chi connectivity index (χ2v) is 7.43. The first-order chi connectivity index (χ1) is 16.1. The minimum atomic E-state index is -0.112. The number of ketones is 1. The van der Waals surface area contributed by atoms with Crippen molar-refractivity contribution in [2.75, 3.05) is 13.7 Å². The van der Waals surface area contributed by atoms with Gasteiger partial charge in [0.2, 0.25) is 5.82 Å². The Morgan fingerprint density at radius 1 is 0.939 bits per heavy atom. The molecule has 4 rings (SSSR count). The summed E-state index contributed by atoms with van der Waals surface area (Å²) in [5.74, 6) is 1.60. The Kier molecular flexibility index (Phi) is 7.12. The van der Waals surface area contributed by atoms with E-state index in [-0.39, 0.29) is 19.0 Å². The summed E-state index contributed by atoms with van der Waals surface area (Å²) < 4.78 is 22.1. The third kappa shape index (κ3) is 5.84. The molecule has 0 fully saturated rings. The van der Waals surface area contributed by atoms with E-state index in [2.05, 4.69) is 10.1 Å². The molecule has 1 aromatic heterocycles. The van der Waals surface area contributed by atoms with Gasteiger partial charge in [-0.15, -0.1) is 0 Å². The maximum atomic E-state index is 12.4. The molecule has 33 heavy (non-hydrogen) atoms. The van der Waals surface area contributed by atoms with E-state index in [1.165, 1.54) is 7.11 Å². The SMILES string of the molecule is COc1cc(-c2noc(COCc3ccccc3)n2)ccc1OCC(=O)c1ccc(C)cc1. The van der Waals surface area contributed by atoms with Crippen molar-refractivity contribution in [1.82, 2.24) is 10.1 Å². The van der Waals surface area contributed by atoms with Crippen LogP contribution in [0.4, 0.5) is 0 Å². The maximum absolute atomic E-state index is 12.4. The molecule has 168 valence electrons. The molecular formula is C26H24N2O5. The van der Waals surface area contributed by atoms with E-state index in [1.807, 2.05) is 49.4 Å². The van der Waals surface area contributed by atoms with Crippen molar-refractivity contribution < 1.29 is 23.5 Å². The summed E-state index contributed by atoms with van der Waals surface area (Å²) in [4.78, 5) is 16.8. The average Bonchev–Trinajstić information content (AvgIpc) is 3.32. The molecular weight excluding hydrogens is 420 g/mol. The van der Waals surface area contributed by atoms with E-state index in [0.717, 1.165) is 11.1 Å². The standard InChI is InChI=1S/C26H24N2O5/c1-18-8-10-20(11-9-18)22(29)16-32-23-13-12-21(14-24(23)30-2)26-27-25(33-28-26)17-31-15-19-6-4-3-5-7-19/h3-14H,15-17H2,1-2H3. The maximum Gasteiger partial charge on any atom is 0.252 e. The van der Waals surface area contributed by atoms with Crippen LogP contribution in [0, 0.1) is 6.92 Å². The first-order valence-electron chi connectivity index (χ1n) is 10.5. The van der Waals surface area contributed by atoms with Crippen molar-refractivity contribution in [1.29, 1.82) is 0 Å². The summed E-state index contributed by atoms with van der Waals surface area (Å²) in [5, 5.41) is 4.02. The van der Waals surface area contributed by atoms with Gasteiger partial charge in [0.1, 0.15) is 6.61 Å². The Balaban J connectivity index is 1.37. The highest BCUT2D eigenvalue weighted by atomic mass is 16.5. The van der Waals surface area contributed by atoms with Gasteiger partial charge in [-0.1, -0.05) is 65.3 Å². The topological polar surface area (TPSA) is 83.7 Å². The molecule has 0 unspecified atom stereocenters. The van der Waals surface area contributed by atoms with Gasteiger partial charge in [-0.25, -0.2) is 0 Å². The van der Waals surface area contributed by atoms with Gasteiger partial charge in [-0.2, -0.15) is 4.98 Å². The fourth-order valence-electron chi connectivity index (χ4n) is 3.15. The zero-order valence-electron chi connectivity index (χ0n) is 18.5. The molecule has 7 heteroatoms. The van der Waals surface area contributed by atoms with Gasteiger partial charge in [0.15, 0.2) is 23.9 Å². The number of hydrogen-bond acceptors (Lipinski definition) is 7. The van der Waals surface area contributed by atoms with Gasteiger partial charge in [0, 0.05) is 11.1 Å². The molecule has 0 N–H and O–H groups in total. The van der Waals surface area contributed by atoms with E-state index >= 15 is 0 Å². The lowest BCUT2D eigenvalue weighted by Crippen LogP contribution is -2.12. The summed E-state index contributed by atoms with van der Waals surface area (Å²) >= 11 is 0. The Labute approximate surface area is 191 Å². The molecule has 0 amide bonds. The number of rotatable bonds is 10. The van der Waals surface area contributed by atoms with Gasteiger partial charge in [0.25, 0.3) is 5.89 Å². The van der Waals surface area contributed by atoms with Crippen LogP contribution in [-0.2, 0) is 18.0 Å². The highest BCUT2D eigenvalue weighted by Gasteiger charge is 2.14. The Morgan fingerprint density at radius 3 is 2.48 bits per heavy atom. The van der Waals surface area contributed by atoms with Gasteiger partial charge in [-0.3, -0.25) is 4.79 Å². The smallest absolute Gasteiger partial charge is 0.252 e. The van der Waals surface area contributed by atoms with Crippen LogP contribution in [-0.4, -0.2) is 29.6 Å². The highest BCUT2D eigenvalue weighted by molar-refractivity contribution is 5.97. The van der Waals surface area contributed by atoms with E-state index in [9.17, 15) is 4.79 Å². The number of carbonyl (C=O) groups excluding carboxylic acids is 1. The van der Waals surface area contributed by atoms with Gasteiger partial charge >= 0.3 is 0 Å². The molecule has 0 saturated heterocycles. The first-order valence-corrected chi connectivity index (χ1v) is 10.5. The number of Topliss-reactive ketones (excluding diaryl/α,β-unsaturated/α-hetero) is 1. The van der Waals surface area contributed by atoms with Crippen molar-refractivity contribution in [3.05, 3.63) is 95.4 Å². The molecule has 7 nitrogen and oxygen atoms in total. The Morgan fingerprint density at radius 2 is 1.73 bits per heavy atom. The van der Waals surface area contributed by atoms with E-state index in [0.29, 0.717) is 40.9 Å². The highest BCUT2D eigenvalue weighted by Crippen LogP contribution is 2.31. The van der Waals surface area contributed by atoms with E-state index < -0.39 is 0 Å². The summed E-state index contributed by atoms with van der Waals surface area (Å²) in [6.45, 7) is 2.55. The zero-order valence-corrected chi connectivity index (χ0v) is 18.5. The van der Waals surface area contributed by atoms with Crippen LogP contribution in [0.5, 0.6) is 11.5 Å². The van der Waals surface area contributed by atoms with Gasteiger partial charge in [0.05, 0.1) is 13.7 Å². The van der Waals surface area contributed by atoms with Crippen molar-refractivity contribution >= 4 is 5.78 Å². The number of hydrogen-bond donors (Lipinski definition) is 0. The minimum absolute atomic E-state index is 0.0934. The second-order valence-electron chi connectivity index (χ2n) is 7.43. The monoisotopic (exact) mass is 444 g/mol. The van der Waals surface area contributed by atoms with E-state index in [1.54, 1.807) is 30.3 Å². The zero-order chi connectivity index (χ0) is 23.0. The number of nitrogens with zero attached hydrogens (tertiary/aromatic N) is 2. The lowest BCUT2D eigenvalue weighted by molar-refractivity contribution is 0.0850. The first kappa shape index (κ1) is 22.2. The molecule has 0 aliphatic rings. The molecule has 0 atom stereocenters. The quantitative estimate of drug-likeness (QED) is 0.317. The van der Waals surface area contributed by atoms with Crippen LogP contribution in [0.2, 0.25) is 0 Å². The number of aromatic nitrogens is 2. The molecule has 1 heterocycles. The Hall–Kier alpha value is -3.97. The molecule has 0 aliphatic carbocycles. The number of benzene rings is 3. The minimum Gasteiger partial charge on any atom is -0.493 e. The van der Waals surface area contributed by atoms with Crippen LogP contribution in [0.1, 0.15) is 27.4 Å². The van der Waals surface area contributed by atoms with Crippen LogP contribution in [0.15, 0.2) is 77.3 Å². The molecule has 0 saturated carbocycles. The lowest BCUT2D eigenvalue weighted by Gasteiger charge is -2.11. The number of aryl methyl sites for hydroxylation is 1. The molecule has 0 bridgehead atoms. The predicted molar refractivity (Wildman–Crippen MR) is 122 cm³/mol. The van der Waals surface area contributed by atoms with E-state index in [4.69, 9.17) is 18.7 Å². The third-order valence-electron chi connectivity index (χ3n) is 4.96. The molecule has 0 spiro atoms. The predicted octanol–water partition coefficient (Wildman–Crippen LogP) is 5.03. The second kappa shape index (κ2) is 10.6. The van der Waals surface area contributed by atoms with Crippen LogP contribution < -0.4 is 9.47 Å². The number of ether oxygens (including phenoxy) is 3. The van der Waals surface area contributed by atoms with Gasteiger partial charge in [-0.05, 0) is 30.7 Å². The summed E-state index contributed by atoms with van der Waals surface area (Å²) in [6.07, 6.45) is 0. The van der Waals surface area contributed by atoms with Crippen LogP contribution >= 0.6 is 0 Å². The van der Waals surface area contributed by atoms with Crippen molar-refractivity contribution in [2.45, 2.75) is 20.1 Å². The van der Waals surface area contributed by atoms with Crippen molar-refractivity contribution in [2.24, 2.45) is 0 Å². The number of methoxy groups -OCH3 is 1. The summed E-state index contributed by atoms with van der Waals surface area (Å²) in [6, 6.07) is 22.5. The molecule has 0 radical (unpaired) electrons. The average molecular weight is 444 g/mol. The summed E-state index contributed by atoms with van der Waals surface area (Å²) in [7, 11) is 1.53. The molecule has 3 aromatic carbocycles. The largest absolute Gasteiger partial charge is 0.493 e. The van der Waals surface area contributed by atoms with Crippen molar-refractivity contribution in [3.8, 4) is 22.9 Å². The third-order valence-corrected chi connectivity index (χ3v) is 4.96. The summed E-state index contributed by atoms with van der Waals surface area (Å²) in [5.41, 5.74) is 3.46. The number of carbonyl (C=O) groups is 1. The van der Waals surface area contributed by atoms with Crippen LogP contribution in [0.3, 0.4) is 0 Å². The molecule has 4 aromatic rings. The van der Waals surface area contributed by atoms with Crippen molar-refractivity contribution in [3.63, 3.8) is 0 Å². The van der Waals surface area contributed by atoms with Crippen LogP contribution in [0.25, 0.3) is 11.4 Å². The normalized spacial score (nSPS) is 10.7.